The van der Waals surface area contributed by atoms with Crippen molar-refractivity contribution in [1.82, 2.24) is 15.3 Å². The molecule has 128 valence electrons. The molecule has 2 heterocycles. The highest BCUT2D eigenvalue weighted by Gasteiger charge is 2.14. The van der Waals surface area contributed by atoms with Gasteiger partial charge in [0.2, 0.25) is 0 Å². The number of phenolic OH excluding ortho intramolecular Hbond substituents is 1. The van der Waals surface area contributed by atoms with E-state index in [-0.39, 0.29) is 0 Å². The Balaban J connectivity index is 1.81. The van der Waals surface area contributed by atoms with Crippen molar-refractivity contribution in [3.8, 4) is 17.0 Å². The molecule has 24 heavy (non-hydrogen) atoms. The van der Waals surface area contributed by atoms with E-state index < -0.39 is 0 Å². The first-order chi connectivity index (χ1) is 11.6. The van der Waals surface area contributed by atoms with Gasteiger partial charge in [0.15, 0.2) is 0 Å². The van der Waals surface area contributed by atoms with Gasteiger partial charge in [-0.15, -0.1) is 0 Å². The Kier molecular flexibility index (Phi) is 5.46. The molecule has 3 rings (SSSR count). The zero-order valence-electron chi connectivity index (χ0n) is 14.6. The zero-order valence-corrected chi connectivity index (χ0v) is 14.6. The molecule has 0 saturated carbocycles. The van der Waals surface area contributed by atoms with Crippen LogP contribution in [0.2, 0.25) is 0 Å². The number of aromatic nitrogens is 2. The summed E-state index contributed by atoms with van der Waals surface area (Å²) in [5, 5.41) is 13.8. The van der Waals surface area contributed by atoms with Crippen LogP contribution in [0.3, 0.4) is 0 Å². The van der Waals surface area contributed by atoms with Crippen molar-refractivity contribution >= 4 is 0 Å². The second-order valence-electron chi connectivity index (χ2n) is 7.06. The lowest BCUT2D eigenvalue weighted by Crippen LogP contribution is -2.34. The fourth-order valence-electron chi connectivity index (χ4n) is 3.47. The van der Waals surface area contributed by atoms with Crippen LogP contribution in [-0.4, -0.2) is 27.7 Å². The lowest BCUT2D eigenvalue weighted by molar-refractivity contribution is 0.382. The monoisotopic (exact) mass is 325 g/mol. The van der Waals surface area contributed by atoms with E-state index in [1.807, 2.05) is 12.3 Å². The topological polar surface area (TPSA) is 58.0 Å². The van der Waals surface area contributed by atoms with Gasteiger partial charge in [-0.2, -0.15) is 0 Å². The molecule has 2 aromatic rings. The van der Waals surface area contributed by atoms with Crippen LogP contribution in [0.25, 0.3) is 11.3 Å². The van der Waals surface area contributed by atoms with E-state index in [1.54, 1.807) is 12.4 Å². The molecule has 4 heteroatoms. The molecule has 2 N–H and O–H groups in total. The highest BCUT2D eigenvalue weighted by molar-refractivity contribution is 5.65. The molecule has 0 aliphatic carbocycles. The maximum atomic E-state index is 10.2. The Hall–Kier alpha value is -1.94. The average molecular weight is 325 g/mol. The third kappa shape index (κ3) is 4.12. The molecular formula is C20H27N3O. The minimum absolute atomic E-state index is 0.312. The summed E-state index contributed by atoms with van der Waals surface area (Å²) in [7, 11) is 0. The first-order valence-corrected chi connectivity index (χ1v) is 9.00. The molecular weight excluding hydrogens is 298 g/mol. The van der Waals surface area contributed by atoms with E-state index >= 15 is 0 Å². The zero-order chi connectivity index (χ0) is 16.9. The van der Waals surface area contributed by atoms with Crippen molar-refractivity contribution in [2.24, 2.45) is 0 Å². The lowest BCUT2D eigenvalue weighted by Gasteiger charge is -2.23. The lowest BCUT2D eigenvalue weighted by atomic mass is 9.94. The standard InChI is InChI=1S/C20H27N3O/c1-14(2)19-12-21-13-23-20(19)16-9-15(10-18(24)11-16)6-7-17-5-3-4-8-22-17/h9-14,17,22,24H,3-8H2,1-2H3/t17-/m0/s1. The Morgan fingerprint density at radius 2 is 2.12 bits per heavy atom. The van der Waals surface area contributed by atoms with E-state index in [0.717, 1.165) is 36.2 Å². The fourth-order valence-corrected chi connectivity index (χ4v) is 3.47. The van der Waals surface area contributed by atoms with Crippen LogP contribution in [-0.2, 0) is 6.42 Å². The SMILES string of the molecule is CC(C)c1cncnc1-c1cc(O)cc(CC[C@@H]2CCCCN2)c1. The van der Waals surface area contributed by atoms with Crippen LogP contribution in [0.4, 0.5) is 0 Å². The molecule has 0 radical (unpaired) electrons. The van der Waals surface area contributed by atoms with E-state index in [0.29, 0.717) is 17.7 Å². The number of rotatable bonds is 5. The molecule has 4 nitrogen and oxygen atoms in total. The molecule has 1 aromatic heterocycles. The average Bonchev–Trinajstić information content (AvgIpc) is 2.60. The van der Waals surface area contributed by atoms with Gasteiger partial charge in [-0.3, -0.25) is 0 Å². The summed E-state index contributed by atoms with van der Waals surface area (Å²) in [6.07, 6.45) is 9.42. The third-order valence-corrected chi connectivity index (χ3v) is 4.81. The highest BCUT2D eigenvalue weighted by atomic mass is 16.3. The summed E-state index contributed by atoms with van der Waals surface area (Å²) >= 11 is 0. The Labute approximate surface area is 144 Å². The van der Waals surface area contributed by atoms with Gasteiger partial charge in [-0.1, -0.05) is 20.3 Å². The van der Waals surface area contributed by atoms with Crippen molar-refractivity contribution in [3.63, 3.8) is 0 Å². The van der Waals surface area contributed by atoms with Gasteiger partial charge in [0.1, 0.15) is 12.1 Å². The van der Waals surface area contributed by atoms with E-state index in [2.05, 4.69) is 35.2 Å². The second-order valence-corrected chi connectivity index (χ2v) is 7.06. The molecule has 0 spiro atoms. The van der Waals surface area contributed by atoms with Crippen LogP contribution in [0.5, 0.6) is 5.75 Å². The van der Waals surface area contributed by atoms with Gasteiger partial charge in [-0.25, -0.2) is 9.97 Å². The minimum Gasteiger partial charge on any atom is -0.508 e. The minimum atomic E-state index is 0.312. The molecule has 1 aliphatic rings. The summed E-state index contributed by atoms with van der Waals surface area (Å²) in [5.41, 5.74) is 4.19. The van der Waals surface area contributed by atoms with Gasteiger partial charge < -0.3 is 10.4 Å². The van der Waals surface area contributed by atoms with Crippen LogP contribution in [0, 0.1) is 0 Å². The number of hydrogen-bond acceptors (Lipinski definition) is 4. The number of aryl methyl sites for hydroxylation is 1. The van der Waals surface area contributed by atoms with Crippen molar-refractivity contribution < 1.29 is 5.11 Å². The first kappa shape index (κ1) is 16.9. The molecule has 1 aliphatic heterocycles. The molecule has 1 atom stereocenters. The summed E-state index contributed by atoms with van der Waals surface area (Å²) in [4.78, 5) is 8.62. The number of nitrogens with one attached hydrogen (secondary N) is 1. The summed E-state index contributed by atoms with van der Waals surface area (Å²) in [6, 6.07) is 6.45. The summed E-state index contributed by atoms with van der Waals surface area (Å²) in [5.74, 6) is 0.658. The summed E-state index contributed by atoms with van der Waals surface area (Å²) in [6.45, 7) is 5.41. The molecule has 1 fully saturated rings. The number of aromatic hydroxyl groups is 1. The predicted octanol–water partition coefficient (Wildman–Crippen LogP) is 4.05. The first-order valence-electron chi connectivity index (χ1n) is 9.00. The second kappa shape index (κ2) is 7.75. The molecule has 0 amide bonds. The van der Waals surface area contributed by atoms with Crippen LogP contribution in [0.1, 0.15) is 56.6 Å². The number of hydrogen-bond donors (Lipinski definition) is 2. The Morgan fingerprint density at radius 3 is 2.88 bits per heavy atom. The number of piperidine rings is 1. The Morgan fingerprint density at radius 1 is 1.25 bits per heavy atom. The van der Waals surface area contributed by atoms with Crippen molar-refractivity contribution in [2.75, 3.05) is 6.54 Å². The molecule has 0 bridgehead atoms. The van der Waals surface area contributed by atoms with Gasteiger partial charge in [0.05, 0.1) is 5.69 Å². The van der Waals surface area contributed by atoms with Crippen LogP contribution < -0.4 is 5.32 Å². The number of benzene rings is 1. The van der Waals surface area contributed by atoms with Crippen molar-refractivity contribution in [1.29, 1.82) is 0 Å². The fraction of sp³-hybridized carbons (Fsp3) is 0.500. The van der Waals surface area contributed by atoms with E-state index in [4.69, 9.17) is 0 Å². The largest absolute Gasteiger partial charge is 0.508 e. The maximum Gasteiger partial charge on any atom is 0.116 e. The van der Waals surface area contributed by atoms with Gasteiger partial charge >= 0.3 is 0 Å². The van der Waals surface area contributed by atoms with Gasteiger partial charge in [0.25, 0.3) is 0 Å². The van der Waals surface area contributed by atoms with Crippen molar-refractivity contribution in [2.45, 2.75) is 57.9 Å². The van der Waals surface area contributed by atoms with E-state index in [9.17, 15) is 5.11 Å². The third-order valence-electron chi connectivity index (χ3n) is 4.81. The predicted molar refractivity (Wildman–Crippen MR) is 97.2 cm³/mol. The Bertz CT molecular complexity index is 678. The van der Waals surface area contributed by atoms with Crippen LogP contribution in [0.15, 0.2) is 30.7 Å². The maximum absolute atomic E-state index is 10.2. The van der Waals surface area contributed by atoms with Gasteiger partial charge in [-0.05, 0) is 67.5 Å². The van der Waals surface area contributed by atoms with Crippen molar-refractivity contribution in [3.05, 3.63) is 41.9 Å². The smallest absolute Gasteiger partial charge is 0.116 e. The number of nitrogens with zero attached hydrogens (tertiary/aromatic N) is 2. The summed E-state index contributed by atoms with van der Waals surface area (Å²) < 4.78 is 0. The normalized spacial score (nSPS) is 18.0. The van der Waals surface area contributed by atoms with E-state index in [1.165, 1.54) is 24.8 Å². The molecule has 0 unspecified atom stereocenters. The number of phenols is 1. The quantitative estimate of drug-likeness (QED) is 0.871. The molecule has 1 aromatic carbocycles. The van der Waals surface area contributed by atoms with Gasteiger partial charge in [0, 0.05) is 17.8 Å². The molecule has 1 saturated heterocycles. The van der Waals surface area contributed by atoms with Crippen LogP contribution >= 0.6 is 0 Å². The highest BCUT2D eigenvalue weighted by Crippen LogP contribution is 2.30.